The van der Waals surface area contributed by atoms with Crippen LogP contribution < -0.4 is 5.73 Å². The largest absolute Gasteiger partial charge is 0.380 e. The Morgan fingerprint density at radius 2 is 2.05 bits per heavy atom. The van der Waals surface area contributed by atoms with Crippen LogP contribution in [0.25, 0.3) is 11.1 Å². The third-order valence-electron chi connectivity index (χ3n) is 4.71. The summed E-state index contributed by atoms with van der Waals surface area (Å²) in [4.78, 5) is 0. The van der Waals surface area contributed by atoms with E-state index >= 15 is 0 Å². The van der Waals surface area contributed by atoms with Crippen LogP contribution in [0, 0.1) is 5.41 Å². The Morgan fingerprint density at radius 1 is 1.29 bits per heavy atom. The summed E-state index contributed by atoms with van der Waals surface area (Å²) in [5.41, 5.74) is 8.06. The number of nitrogens with two attached hydrogens (primary N) is 1. The summed E-state index contributed by atoms with van der Waals surface area (Å²) in [6.07, 6.45) is 4.80. The van der Waals surface area contributed by atoms with Crippen LogP contribution in [0.2, 0.25) is 5.02 Å². The van der Waals surface area contributed by atoms with E-state index < -0.39 is 0 Å². The fraction of sp³-hybridized carbons (Fsp3) is 0.471. The van der Waals surface area contributed by atoms with Crippen molar-refractivity contribution in [1.29, 1.82) is 0 Å². The van der Waals surface area contributed by atoms with E-state index in [2.05, 4.69) is 19.0 Å². The lowest BCUT2D eigenvalue weighted by atomic mass is 9.67. The summed E-state index contributed by atoms with van der Waals surface area (Å²) in [6.45, 7) is 4.60. The molecule has 1 heterocycles. The van der Waals surface area contributed by atoms with Crippen LogP contribution in [0.3, 0.4) is 0 Å². The molecule has 21 heavy (non-hydrogen) atoms. The minimum atomic E-state index is 0.195. The molecule has 1 saturated carbocycles. The van der Waals surface area contributed by atoms with Crippen molar-refractivity contribution in [3.63, 3.8) is 0 Å². The molecule has 0 spiro atoms. The number of benzene rings is 1. The number of hydrogen-bond donors (Lipinski definition) is 1. The zero-order chi connectivity index (χ0) is 15.0. The second-order valence-electron chi connectivity index (χ2n) is 6.57. The first-order valence-electron chi connectivity index (χ1n) is 7.50. The van der Waals surface area contributed by atoms with Crippen LogP contribution in [0.5, 0.6) is 0 Å². The fourth-order valence-electron chi connectivity index (χ4n) is 3.47. The molecule has 1 aromatic heterocycles. The molecule has 112 valence electrons. The van der Waals surface area contributed by atoms with Gasteiger partial charge < -0.3 is 10.3 Å². The highest BCUT2D eigenvalue weighted by molar-refractivity contribution is 6.33. The van der Waals surface area contributed by atoms with Gasteiger partial charge in [-0.15, -0.1) is 0 Å². The average Bonchev–Trinajstić information content (AvgIpc) is 2.80. The van der Waals surface area contributed by atoms with Crippen LogP contribution in [-0.2, 0) is 0 Å². The molecule has 4 heteroatoms. The Balaban J connectivity index is 2.11. The lowest BCUT2D eigenvalue weighted by molar-refractivity contribution is 0.169. The summed E-state index contributed by atoms with van der Waals surface area (Å²) >= 11 is 6.34. The molecule has 2 N–H and O–H groups in total. The Kier molecular flexibility index (Phi) is 3.70. The zero-order valence-corrected chi connectivity index (χ0v) is 13.3. The molecule has 1 aliphatic rings. The molecule has 1 aliphatic carbocycles. The van der Waals surface area contributed by atoms with E-state index in [1.54, 1.807) is 0 Å². The normalized spacial score (nSPS) is 21.4. The Labute approximate surface area is 130 Å². The molecule has 1 fully saturated rings. The molecule has 1 aromatic carbocycles. The molecule has 0 radical (unpaired) electrons. The van der Waals surface area contributed by atoms with Gasteiger partial charge in [-0.3, -0.25) is 0 Å². The second kappa shape index (κ2) is 5.38. The topological polar surface area (TPSA) is 52.0 Å². The maximum Gasteiger partial charge on any atom is 0.175 e. The van der Waals surface area contributed by atoms with Gasteiger partial charge in [0, 0.05) is 16.5 Å². The van der Waals surface area contributed by atoms with Crippen LogP contribution >= 0.6 is 11.6 Å². The number of rotatable bonds is 2. The molecule has 0 amide bonds. The summed E-state index contributed by atoms with van der Waals surface area (Å²) in [7, 11) is 0. The van der Waals surface area contributed by atoms with Crippen molar-refractivity contribution in [2.45, 2.75) is 45.4 Å². The van der Waals surface area contributed by atoms with Crippen molar-refractivity contribution in [2.24, 2.45) is 5.41 Å². The lowest BCUT2D eigenvalue weighted by Gasteiger charge is -2.37. The van der Waals surface area contributed by atoms with E-state index in [1.165, 1.54) is 19.3 Å². The molecular weight excluding hydrogens is 284 g/mol. The average molecular weight is 305 g/mol. The molecule has 0 aliphatic heterocycles. The fourth-order valence-corrected chi connectivity index (χ4v) is 3.70. The van der Waals surface area contributed by atoms with Crippen LogP contribution in [-0.4, -0.2) is 5.16 Å². The summed E-state index contributed by atoms with van der Waals surface area (Å²) in [5.74, 6) is 1.66. The molecule has 1 atom stereocenters. The van der Waals surface area contributed by atoms with Gasteiger partial charge in [0.25, 0.3) is 0 Å². The van der Waals surface area contributed by atoms with Crippen LogP contribution in [0.4, 0.5) is 5.82 Å². The van der Waals surface area contributed by atoms with E-state index in [4.69, 9.17) is 21.9 Å². The van der Waals surface area contributed by atoms with Gasteiger partial charge in [0.15, 0.2) is 5.82 Å². The van der Waals surface area contributed by atoms with Crippen molar-refractivity contribution in [3.05, 3.63) is 35.0 Å². The first-order chi connectivity index (χ1) is 10.0. The number of hydrogen-bond acceptors (Lipinski definition) is 3. The number of halogens is 1. The minimum Gasteiger partial charge on any atom is -0.380 e. The third kappa shape index (κ3) is 2.55. The maximum absolute atomic E-state index is 6.34. The van der Waals surface area contributed by atoms with Crippen molar-refractivity contribution < 1.29 is 4.52 Å². The first kappa shape index (κ1) is 14.5. The van der Waals surface area contributed by atoms with Crippen LogP contribution in [0.15, 0.2) is 28.8 Å². The van der Waals surface area contributed by atoms with Gasteiger partial charge in [-0.1, -0.05) is 61.6 Å². The number of nitrogens with zero attached hydrogens (tertiary/aromatic N) is 1. The van der Waals surface area contributed by atoms with E-state index in [9.17, 15) is 0 Å². The van der Waals surface area contributed by atoms with Gasteiger partial charge in [0.05, 0.1) is 5.56 Å². The molecule has 3 nitrogen and oxygen atoms in total. The Bertz CT molecular complexity index is 648. The van der Waals surface area contributed by atoms with Crippen LogP contribution in [0.1, 0.15) is 51.2 Å². The predicted molar refractivity (Wildman–Crippen MR) is 86.4 cm³/mol. The van der Waals surface area contributed by atoms with E-state index in [0.717, 1.165) is 23.3 Å². The molecular formula is C17H21ClN2O. The monoisotopic (exact) mass is 304 g/mol. The van der Waals surface area contributed by atoms with Gasteiger partial charge in [-0.05, 0) is 24.3 Å². The quantitative estimate of drug-likeness (QED) is 0.823. The van der Waals surface area contributed by atoms with E-state index in [1.807, 2.05) is 24.3 Å². The van der Waals surface area contributed by atoms with Crippen molar-refractivity contribution in [1.82, 2.24) is 5.16 Å². The second-order valence-corrected chi connectivity index (χ2v) is 6.98. The van der Waals surface area contributed by atoms with Gasteiger partial charge in [-0.25, -0.2) is 0 Å². The predicted octanol–water partition coefficient (Wildman–Crippen LogP) is 5.26. The van der Waals surface area contributed by atoms with Gasteiger partial charge in [0.1, 0.15) is 5.76 Å². The highest BCUT2D eigenvalue weighted by Gasteiger charge is 2.38. The SMILES string of the molecule is CC1(C)CCCCC1c1onc(N)c1-c1ccccc1Cl. The summed E-state index contributed by atoms with van der Waals surface area (Å²) < 4.78 is 5.65. The highest BCUT2D eigenvalue weighted by Crippen LogP contribution is 2.50. The maximum atomic E-state index is 6.34. The van der Waals surface area contributed by atoms with Crippen molar-refractivity contribution >= 4 is 17.4 Å². The number of aromatic nitrogens is 1. The van der Waals surface area contributed by atoms with Gasteiger partial charge in [-0.2, -0.15) is 0 Å². The smallest absolute Gasteiger partial charge is 0.175 e. The molecule has 2 aromatic rings. The molecule has 3 rings (SSSR count). The van der Waals surface area contributed by atoms with Gasteiger partial charge >= 0.3 is 0 Å². The third-order valence-corrected chi connectivity index (χ3v) is 5.04. The van der Waals surface area contributed by atoms with Crippen molar-refractivity contribution in [2.75, 3.05) is 5.73 Å². The summed E-state index contributed by atoms with van der Waals surface area (Å²) in [5, 5.41) is 4.70. The van der Waals surface area contributed by atoms with Crippen molar-refractivity contribution in [3.8, 4) is 11.1 Å². The van der Waals surface area contributed by atoms with Gasteiger partial charge in [0.2, 0.25) is 0 Å². The number of anilines is 1. The molecule has 0 saturated heterocycles. The Hall–Kier alpha value is -1.48. The molecule has 0 bridgehead atoms. The minimum absolute atomic E-state index is 0.195. The lowest BCUT2D eigenvalue weighted by Crippen LogP contribution is -2.26. The first-order valence-corrected chi connectivity index (χ1v) is 7.88. The Morgan fingerprint density at radius 3 is 2.76 bits per heavy atom. The number of nitrogen functional groups attached to an aromatic ring is 1. The summed E-state index contributed by atoms with van der Waals surface area (Å²) in [6, 6.07) is 7.73. The van der Waals surface area contributed by atoms with E-state index in [-0.39, 0.29) is 5.41 Å². The van der Waals surface area contributed by atoms with E-state index in [0.29, 0.717) is 16.8 Å². The molecule has 1 unspecified atom stereocenters. The zero-order valence-electron chi connectivity index (χ0n) is 12.5. The standard InChI is InChI=1S/C17H21ClN2O/c1-17(2)10-6-5-8-12(17)15-14(16(19)20-21-15)11-7-3-4-9-13(11)18/h3-4,7,9,12H,5-6,8,10H2,1-2H3,(H2,19,20). The highest BCUT2D eigenvalue weighted by atomic mass is 35.5.